The first-order chi connectivity index (χ1) is 7.99. The van der Waals surface area contributed by atoms with Gasteiger partial charge in [-0.1, -0.05) is 6.07 Å². The second kappa shape index (κ2) is 4.83. The van der Waals surface area contributed by atoms with Crippen molar-refractivity contribution in [1.82, 2.24) is 8.75 Å². The molecule has 0 saturated heterocycles. The van der Waals surface area contributed by atoms with Gasteiger partial charge in [0.1, 0.15) is 0 Å². The molecular formula is C10H9BrN2O2S2. The van der Waals surface area contributed by atoms with Gasteiger partial charge in [0, 0.05) is 4.47 Å². The quantitative estimate of drug-likeness (QED) is 0.866. The van der Waals surface area contributed by atoms with Crippen molar-refractivity contribution in [2.75, 3.05) is 0 Å². The Morgan fingerprint density at radius 2 is 2.18 bits per heavy atom. The number of aryl methyl sites for hydroxylation is 1. The van der Waals surface area contributed by atoms with E-state index in [2.05, 4.69) is 24.7 Å². The summed E-state index contributed by atoms with van der Waals surface area (Å²) in [5.41, 5.74) is 1.48. The van der Waals surface area contributed by atoms with Crippen LogP contribution in [0.3, 0.4) is 0 Å². The summed E-state index contributed by atoms with van der Waals surface area (Å²) in [6, 6.07) is 5.16. The molecule has 0 N–H and O–H groups in total. The Balaban J connectivity index is 2.38. The molecule has 90 valence electrons. The van der Waals surface area contributed by atoms with E-state index < -0.39 is 9.84 Å². The van der Waals surface area contributed by atoms with Gasteiger partial charge in [-0.15, -0.1) is 0 Å². The van der Waals surface area contributed by atoms with Crippen LogP contribution >= 0.6 is 27.7 Å². The first-order valence-electron chi connectivity index (χ1n) is 4.74. The number of hydrogen-bond donors (Lipinski definition) is 0. The summed E-state index contributed by atoms with van der Waals surface area (Å²) >= 11 is 4.28. The minimum Gasteiger partial charge on any atom is -0.223 e. The van der Waals surface area contributed by atoms with E-state index in [4.69, 9.17) is 0 Å². The summed E-state index contributed by atoms with van der Waals surface area (Å²) in [5, 5.41) is 0. The maximum absolute atomic E-state index is 12.1. The smallest absolute Gasteiger partial charge is 0.185 e. The fourth-order valence-electron chi connectivity index (χ4n) is 1.38. The predicted octanol–water partition coefficient (Wildman–Crippen LogP) is 2.58. The number of nitrogens with zero attached hydrogens (tertiary/aromatic N) is 2. The first kappa shape index (κ1) is 12.7. The number of benzene rings is 1. The van der Waals surface area contributed by atoms with Crippen LogP contribution in [-0.2, 0) is 15.6 Å². The van der Waals surface area contributed by atoms with Gasteiger partial charge in [0.05, 0.1) is 34.3 Å². The molecule has 0 aliphatic carbocycles. The number of hydrogen-bond acceptors (Lipinski definition) is 5. The summed E-state index contributed by atoms with van der Waals surface area (Å²) in [5.74, 6) is -0.120. The molecule has 1 heterocycles. The van der Waals surface area contributed by atoms with Crippen LogP contribution < -0.4 is 0 Å². The molecule has 0 aliphatic rings. The Labute approximate surface area is 112 Å². The highest BCUT2D eigenvalue weighted by Gasteiger charge is 2.19. The molecule has 2 rings (SSSR count). The number of aromatic nitrogens is 2. The highest BCUT2D eigenvalue weighted by atomic mass is 79.9. The fourth-order valence-corrected chi connectivity index (χ4v) is 4.44. The van der Waals surface area contributed by atoms with E-state index in [1.807, 2.05) is 6.92 Å². The van der Waals surface area contributed by atoms with Crippen molar-refractivity contribution in [2.24, 2.45) is 0 Å². The summed E-state index contributed by atoms with van der Waals surface area (Å²) < 4.78 is 32.6. The molecule has 1 aromatic carbocycles. The predicted molar refractivity (Wildman–Crippen MR) is 69.7 cm³/mol. The number of halogens is 1. The van der Waals surface area contributed by atoms with Crippen molar-refractivity contribution in [2.45, 2.75) is 17.6 Å². The first-order valence-corrected chi connectivity index (χ1v) is 7.92. The van der Waals surface area contributed by atoms with E-state index in [1.54, 1.807) is 18.2 Å². The molecule has 0 saturated carbocycles. The van der Waals surface area contributed by atoms with Gasteiger partial charge in [0.2, 0.25) is 0 Å². The zero-order valence-electron chi connectivity index (χ0n) is 8.92. The lowest BCUT2D eigenvalue weighted by Gasteiger charge is -2.05. The maximum atomic E-state index is 12.1. The minimum atomic E-state index is -3.37. The summed E-state index contributed by atoms with van der Waals surface area (Å²) in [4.78, 5) is 0.288. The van der Waals surface area contributed by atoms with Crippen molar-refractivity contribution in [1.29, 1.82) is 0 Å². The van der Waals surface area contributed by atoms with Crippen LogP contribution in [0.5, 0.6) is 0 Å². The lowest BCUT2D eigenvalue weighted by Crippen LogP contribution is -2.06. The number of rotatable bonds is 3. The molecular weight excluding hydrogens is 324 g/mol. The van der Waals surface area contributed by atoms with Crippen molar-refractivity contribution >= 4 is 37.5 Å². The Kier molecular flexibility index (Phi) is 3.60. The highest BCUT2D eigenvalue weighted by Crippen LogP contribution is 2.25. The maximum Gasteiger partial charge on any atom is 0.185 e. The SMILES string of the molecule is Cc1ccc(S(=O)(=O)Cc2cnsn2)c(Br)c1. The van der Waals surface area contributed by atoms with Crippen LogP contribution in [0, 0.1) is 6.92 Å². The summed E-state index contributed by atoms with van der Waals surface area (Å²) in [6.07, 6.45) is 1.48. The van der Waals surface area contributed by atoms with Gasteiger partial charge in [0.25, 0.3) is 0 Å². The second-order valence-corrected chi connectivity index (χ2v) is 6.96. The zero-order valence-corrected chi connectivity index (χ0v) is 12.1. The van der Waals surface area contributed by atoms with Crippen LogP contribution in [0.15, 0.2) is 33.8 Å². The van der Waals surface area contributed by atoms with Crippen LogP contribution in [0.25, 0.3) is 0 Å². The average molecular weight is 333 g/mol. The van der Waals surface area contributed by atoms with Gasteiger partial charge in [-0.3, -0.25) is 0 Å². The molecule has 0 atom stereocenters. The van der Waals surface area contributed by atoms with Crippen LogP contribution in [-0.4, -0.2) is 17.2 Å². The topological polar surface area (TPSA) is 59.9 Å². The molecule has 2 aromatic rings. The molecule has 0 aliphatic heterocycles. The third-order valence-corrected chi connectivity index (χ3v) is 5.30. The van der Waals surface area contributed by atoms with Gasteiger partial charge >= 0.3 is 0 Å². The van der Waals surface area contributed by atoms with Gasteiger partial charge in [-0.05, 0) is 40.5 Å². The Hall–Kier alpha value is -0.790. The largest absolute Gasteiger partial charge is 0.223 e. The van der Waals surface area contributed by atoms with E-state index in [-0.39, 0.29) is 10.6 Å². The van der Waals surface area contributed by atoms with Crippen LogP contribution in [0.2, 0.25) is 0 Å². The molecule has 0 radical (unpaired) electrons. The highest BCUT2D eigenvalue weighted by molar-refractivity contribution is 9.10. The van der Waals surface area contributed by atoms with Crippen LogP contribution in [0.4, 0.5) is 0 Å². The lowest BCUT2D eigenvalue weighted by molar-refractivity contribution is 0.594. The molecule has 0 unspecified atom stereocenters. The Morgan fingerprint density at radius 3 is 2.76 bits per heavy atom. The lowest BCUT2D eigenvalue weighted by atomic mass is 10.2. The zero-order chi connectivity index (χ0) is 12.5. The van der Waals surface area contributed by atoms with E-state index in [0.29, 0.717) is 10.2 Å². The van der Waals surface area contributed by atoms with Gasteiger partial charge in [-0.25, -0.2) is 8.42 Å². The van der Waals surface area contributed by atoms with Crippen LogP contribution in [0.1, 0.15) is 11.3 Å². The van der Waals surface area contributed by atoms with Gasteiger partial charge in [-0.2, -0.15) is 8.75 Å². The average Bonchev–Trinajstić information content (AvgIpc) is 2.68. The molecule has 7 heteroatoms. The van der Waals surface area contributed by atoms with E-state index in [9.17, 15) is 8.42 Å². The minimum absolute atomic E-state index is 0.120. The monoisotopic (exact) mass is 332 g/mol. The number of sulfone groups is 1. The molecule has 0 spiro atoms. The molecule has 1 aromatic heterocycles. The molecule has 0 amide bonds. The van der Waals surface area contributed by atoms with E-state index >= 15 is 0 Å². The van der Waals surface area contributed by atoms with E-state index in [0.717, 1.165) is 17.3 Å². The summed E-state index contributed by atoms with van der Waals surface area (Å²) in [6.45, 7) is 1.91. The molecule has 0 fully saturated rings. The van der Waals surface area contributed by atoms with Crippen molar-refractivity contribution in [3.63, 3.8) is 0 Å². The normalized spacial score (nSPS) is 11.6. The van der Waals surface area contributed by atoms with Crippen molar-refractivity contribution in [3.05, 3.63) is 40.1 Å². The Morgan fingerprint density at radius 1 is 1.41 bits per heavy atom. The fraction of sp³-hybridized carbons (Fsp3) is 0.200. The molecule has 4 nitrogen and oxygen atoms in total. The van der Waals surface area contributed by atoms with E-state index in [1.165, 1.54) is 6.20 Å². The van der Waals surface area contributed by atoms with Crippen molar-refractivity contribution in [3.8, 4) is 0 Å². The standard InChI is InChI=1S/C10H9BrN2O2S2/c1-7-2-3-10(9(11)4-7)17(14,15)6-8-5-12-16-13-8/h2-5H,6H2,1H3. The summed E-state index contributed by atoms with van der Waals surface area (Å²) in [7, 11) is -3.37. The second-order valence-electron chi connectivity index (χ2n) is 3.59. The Bertz CT molecular complexity index is 624. The third kappa shape index (κ3) is 2.91. The molecule has 0 bridgehead atoms. The third-order valence-electron chi connectivity index (χ3n) is 2.17. The van der Waals surface area contributed by atoms with Gasteiger partial charge in [0.15, 0.2) is 9.84 Å². The van der Waals surface area contributed by atoms with Crippen molar-refractivity contribution < 1.29 is 8.42 Å². The molecule has 17 heavy (non-hydrogen) atoms. The van der Waals surface area contributed by atoms with Gasteiger partial charge < -0.3 is 0 Å².